The Kier molecular flexibility index (Phi) is 3.32. The first-order valence-corrected chi connectivity index (χ1v) is 4.73. The summed E-state index contributed by atoms with van der Waals surface area (Å²) in [6.07, 6.45) is 4.45. The van der Waals surface area contributed by atoms with Crippen molar-refractivity contribution in [3.05, 3.63) is 17.3 Å². The van der Waals surface area contributed by atoms with Crippen LogP contribution in [0, 0.1) is 6.92 Å². The number of oxazole rings is 1. The summed E-state index contributed by atoms with van der Waals surface area (Å²) in [6.45, 7) is 6.21. The highest BCUT2D eigenvalue weighted by Crippen LogP contribution is 2.13. The number of hydrogen-bond acceptors (Lipinski definition) is 2. The molecule has 0 aromatic carbocycles. The molecular weight excluding hydrogens is 150 g/mol. The van der Waals surface area contributed by atoms with Gasteiger partial charge in [-0.1, -0.05) is 20.3 Å². The van der Waals surface area contributed by atoms with Crippen molar-refractivity contribution in [2.24, 2.45) is 0 Å². The number of hydrogen-bond donors (Lipinski definition) is 0. The molecule has 0 spiro atoms. The smallest absolute Gasteiger partial charge is 0.191 e. The SMILES string of the molecule is CCCCc1nc(C)oc1CC. The molecule has 1 rings (SSSR count). The monoisotopic (exact) mass is 167 g/mol. The quantitative estimate of drug-likeness (QED) is 0.689. The Morgan fingerprint density at radius 1 is 1.33 bits per heavy atom. The highest BCUT2D eigenvalue weighted by molar-refractivity contribution is 5.09. The largest absolute Gasteiger partial charge is 0.446 e. The average molecular weight is 167 g/mol. The normalized spacial score (nSPS) is 10.6. The molecule has 0 N–H and O–H groups in total. The van der Waals surface area contributed by atoms with Crippen LogP contribution in [0.3, 0.4) is 0 Å². The standard InChI is InChI=1S/C10H17NO/c1-4-6-7-9-10(5-2)12-8(3)11-9/h4-7H2,1-3H3. The lowest BCUT2D eigenvalue weighted by atomic mass is 10.1. The van der Waals surface area contributed by atoms with E-state index < -0.39 is 0 Å². The molecule has 0 unspecified atom stereocenters. The second-order valence-electron chi connectivity index (χ2n) is 3.06. The van der Waals surface area contributed by atoms with Gasteiger partial charge in [0, 0.05) is 13.3 Å². The van der Waals surface area contributed by atoms with E-state index in [2.05, 4.69) is 18.8 Å². The molecule has 2 nitrogen and oxygen atoms in total. The zero-order chi connectivity index (χ0) is 8.97. The maximum absolute atomic E-state index is 5.45. The van der Waals surface area contributed by atoms with E-state index in [1.165, 1.54) is 12.8 Å². The van der Waals surface area contributed by atoms with Gasteiger partial charge < -0.3 is 4.42 Å². The van der Waals surface area contributed by atoms with Gasteiger partial charge in [-0.25, -0.2) is 4.98 Å². The van der Waals surface area contributed by atoms with Crippen LogP contribution in [0.5, 0.6) is 0 Å². The first kappa shape index (κ1) is 9.30. The second kappa shape index (κ2) is 4.29. The van der Waals surface area contributed by atoms with Gasteiger partial charge in [-0.3, -0.25) is 0 Å². The molecule has 0 fully saturated rings. The maximum atomic E-state index is 5.45. The number of nitrogens with zero attached hydrogens (tertiary/aromatic N) is 1. The third-order valence-electron chi connectivity index (χ3n) is 1.97. The minimum absolute atomic E-state index is 0.804. The Hall–Kier alpha value is -0.790. The van der Waals surface area contributed by atoms with E-state index in [4.69, 9.17) is 4.42 Å². The summed E-state index contributed by atoms with van der Waals surface area (Å²) >= 11 is 0. The van der Waals surface area contributed by atoms with E-state index in [0.29, 0.717) is 0 Å². The molecule has 0 radical (unpaired) electrons. The highest BCUT2D eigenvalue weighted by atomic mass is 16.4. The van der Waals surface area contributed by atoms with Crippen molar-refractivity contribution in [3.8, 4) is 0 Å². The molecule has 1 heterocycles. The molecule has 2 heteroatoms. The van der Waals surface area contributed by atoms with Crippen molar-refractivity contribution in [1.29, 1.82) is 0 Å². The van der Waals surface area contributed by atoms with Crippen LogP contribution in [0.15, 0.2) is 4.42 Å². The predicted molar refractivity (Wildman–Crippen MR) is 49.2 cm³/mol. The number of aryl methyl sites for hydroxylation is 3. The topological polar surface area (TPSA) is 26.0 Å². The molecule has 0 bridgehead atoms. The van der Waals surface area contributed by atoms with Crippen LogP contribution in [-0.4, -0.2) is 4.98 Å². The van der Waals surface area contributed by atoms with Crippen LogP contribution in [0.2, 0.25) is 0 Å². The average Bonchev–Trinajstić information content (AvgIpc) is 2.42. The van der Waals surface area contributed by atoms with E-state index in [1.807, 2.05) is 6.92 Å². The summed E-state index contributed by atoms with van der Waals surface area (Å²) in [5.41, 5.74) is 1.16. The van der Waals surface area contributed by atoms with E-state index in [1.54, 1.807) is 0 Å². The Labute approximate surface area is 74.0 Å². The Morgan fingerprint density at radius 3 is 2.67 bits per heavy atom. The molecule has 68 valence electrons. The first-order chi connectivity index (χ1) is 5.77. The molecule has 12 heavy (non-hydrogen) atoms. The van der Waals surface area contributed by atoms with Crippen molar-refractivity contribution >= 4 is 0 Å². The lowest BCUT2D eigenvalue weighted by Crippen LogP contribution is -1.90. The first-order valence-electron chi connectivity index (χ1n) is 4.73. The number of unbranched alkanes of at least 4 members (excludes halogenated alkanes) is 1. The van der Waals surface area contributed by atoms with E-state index in [9.17, 15) is 0 Å². The predicted octanol–water partition coefficient (Wildman–Crippen LogP) is 2.89. The summed E-state index contributed by atoms with van der Waals surface area (Å²) in [4.78, 5) is 4.35. The van der Waals surface area contributed by atoms with Crippen molar-refractivity contribution in [2.75, 3.05) is 0 Å². The molecule has 0 aliphatic rings. The molecule has 0 aliphatic carbocycles. The molecule has 0 aliphatic heterocycles. The summed E-state index contributed by atoms with van der Waals surface area (Å²) in [7, 11) is 0. The number of rotatable bonds is 4. The zero-order valence-electron chi connectivity index (χ0n) is 8.18. The van der Waals surface area contributed by atoms with Gasteiger partial charge in [0.05, 0.1) is 5.69 Å². The van der Waals surface area contributed by atoms with Gasteiger partial charge in [0.25, 0.3) is 0 Å². The van der Waals surface area contributed by atoms with Crippen molar-refractivity contribution in [3.63, 3.8) is 0 Å². The van der Waals surface area contributed by atoms with Crippen molar-refractivity contribution in [2.45, 2.75) is 46.5 Å². The van der Waals surface area contributed by atoms with Crippen LogP contribution < -0.4 is 0 Å². The van der Waals surface area contributed by atoms with E-state index in [-0.39, 0.29) is 0 Å². The van der Waals surface area contributed by atoms with E-state index >= 15 is 0 Å². The maximum Gasteiger partial charge on any atom is 0.191 e. The Bertz CT molecular complexity index is 240. The Morgan fingerprint density at radius 2 is 2.08 bits per heavy atom. The molecule has 0 saturated heterocycles. The van der Waals surface area contributed by atoms with Gasteiger partial charge in [-0.15, -0.1) is 0 Å². The lowest BCUT2D eigenvalue weighted by Gasteiger charge is -1.95. The lowest BCUT2D eigenvalue weighted by molar-refractivity contribution is 0.477. The fraction of sp³-hybridized carbons (Fsp3) is 0.700. The second-order valence-corrected chi connectivity index (χ2v) is 3.06. The third kappa shape index (κ3) is 2.10. The van der Waals surface area contributed by atoms with Gasteiger partial charge in [0.15, 0.2) is 5.89 Å². The van der Waals surface area contributed by atoms with Crippen LogP contribution in [0.25, 0.3) is 0 Å². The zero-order valence-corrected chi connectivity index (χ0v) is 8.18. The molecule has 0 saturated carbocycles. The van der Waals surface area contributed by atoms with Crippen LogP contribution >= 0.6 is 0 Å². The Balaban J connectivity index is 2.68. The van der Waals surface area contributed by atoms with Crippen LogP contribution in [-0.2, 0) is 12.8 Å². The van der Waals surface area contributed by atoms with Crippen molar-refractivity contribution < 1.29 is 4.42 Å². The van der Waals surface area contributed by atoms with Gasteiger partial charge in [0.1, 0.15) is 5.76 Å². The minimum Gasteiger partial charge on any atom is -0.446 e. The van der Waals surface area contributed by atoms with Gasteiger partial charge >= 0.3 is 0 Å². The highest BCUT2D eigenvalue weighted by Gasteiger charge is 2.07. The summed E-state index contributed by atoms with van der Waals surface area (Å²) in [5, 5.41) is 0. The number of aromatic nitrogens is 1. The summed E-state index contributed by atoms with van der Waals surface area (Å²) < 4.78 is 5.45. The van der Waals surface area contributed by atoms with Crippen LogP contribution in [0.1, 0.15) is 44.0 Å². The fourth-order valence-electron chi connectivity index (χ4n) is 1.33. The summed E-state index contributed by atoms with van der Waals surface area (Å²) in [6, 6.07) is 0. The minimum atomic E-state index is 0.804. The van der Waals surface area contributed by atoms with Crippen molar-refractivity contribution in [1.82, 2.24) is 4.98 Å². The van der Waals surface area contributed by atoms with Gasteiger partial charge in [-0.05, 0) is 12.8 Å². The fourth-order valence-corrected chi connectivity index (χ4v) is 1.33. The molecular formula is C10H17NO. The van der Waals surface area contributed by atoms with Gasteiger partial charge in [0.2, 0.25) is 0 Å². The van der Waals surface area contributed by atoms with Crippen LogP contribution in [0.4, 0.5) is 0 Å². The molecule has 0 amide bonds. The third-order valence-corrected chi connectivity index (χ3v) is 1.97. The molecule has 1 aromatic heterocycles. The molecule has 1 aromatic rings. The molecule has 0 atom stereocenters. The summed E-state index contributed by atoms with van der Waals surface area (Å²) in [5.74, 6) is 1.87. The van der Waals surface area contributed by atoms with E-state index in [0.717, 1.165) is 30.2 Å². The van der Waals surface area contributed by atoms with Gasteiger partial charge in [-0.2, -0.15) is 0 Å².